The van der Waals surface area contributed by atoms with Gasteiger partial charge in [-0.2, -0.15) is 0 Å². The minimum atomic E-state index is -0.199. The largest absolute Gasteiger partial charge is 0.472 e. The molecule has 8 heteroatoms. The van der Waals surface area contributed by atoms with Gasteiger partial charge < -0.3 is 20.0 Å². The molecule has 4 rings (SSSR count). The third-order valence-corrected chi connectivity index (χ3v) is 4.40. The molecule has 0 unspecified atom stereocenters. The number of pyridine rings is 1. The number of hydrogen-bond acceptors (Lipinski definition) is 5. The third-order valence-electron chi connectivity index (χ3n) is 4.40. The van der Waals surface area contributed by atoms with Gasteiger partial charge in [0.25, 0.3) is 5.91 Å². The molecule has 29 heavy (non-hydrogen) atoms. The summed E-state index contributed by atoms with van der Waals surface area (Å²) < 4.78 is 5.08. The van der Waals surface area contributed by atoms with E-state index in [1.807, 2.05) is 24.3 Å². The van der Waals surface area contributed by atoms with Gasteiger partial charge in [0.15, 0.2) is 5.65 Å². The molecule has 0 fully saturated rings. The number of nitrogens with zero attached hydrogens (tertiary/aromatic N) is 2. The molecule has 0 aliphatic heterocycles. The van der Waals surface area contributed by atoms with Gasteiger partial charge in [-0.3, -0.25) is 9.59 Å². The number of nitrogens with one attached hydrogen (secondary N) is 3. The van der Waals surface area contributed by atoms with Crippen LogP contribution in [-0.4, -0.2) is 33.3 Å². The Bertz CT molecular complexity index is 1150. The van der Waals surface area contributed by atoms with Gasteiger partial charge in [-0.1, -0.05) is 12.1 Å². The second-order valence-corrected chi connectivity index (χ2v) is 6.54. The lowest BCUT2D eigenvalue weighted by atomic mass is 10.1. The lowest BCUT2D eigenvalue weighted by Crippen LogP contribution is -2.26. The maximum absolute atomic E-state index is 12.7. The molecule has 3 N–H and O–H groups in total. The van der Waals surface area contributed by atoms with Crippen LogP contribution in [0.25, 0.3) is 22.6 Å². The van der Waals surface area contributed by atoms with Crippen LogP contribution in [0.1, 0.15) is 22.8 Å². The molecule has 2 amide bonds. The molecule has 0 radical (unpaired) electrons. The molecular formula is C21H19N5O3. The van der Waals surface area contributed by atoms with Crippen molar-refractivity contribution >= 4 is 28.7 Å². The monoisotopic (exact) mass is 389 g/mol. The predicted octanol–water partition coefficient (Wildman–Crippen LogP) is 3.15. The molecule has 0 aliphatic carbocycles. The molecule has 3 aromatic heterocycles. The molecule has 0 aliphatic rings. The van der Waals surface area contributed by atoms with E-state index >= 15 is 0 Å². The maximum Gasteiger partial charge on any atom is 0.253 e. The molecule has 0 bridgehead atoms. The van der Waals surface area contributed by atoms with Crippen molar-refractivity contribution in [2.24, 2.45) is 0 Å². The highest BCUT2D eigenvalue weighted by Gasteiger charge is 2.15. The molecular weight excluding hydrogens is 370 g/mol. The van der Waals surface area contributed by atoms with Crippen LogP contribution in [-0.2, 0) is 11.2 Å². The lowest BCUT2D eigenvalue weighted by molar-refractivity contribution is -0.114. The summed E-state index contributed by atoms with van der Waals surface area (Å²) in [6, 6.07) is 11.0. The van der Waals surface area contributed by atoms with Crippen molar-refractivity contribution < 1.29 is 14.0 Å². The molecule has 3 heterocycles. The Kier molecular flexibility index (Phi) is 5.07. The second kappa shape index (κ2) is 7.97. The van der Waals surface area contributed by atoms with Gasteiger partial charge in [-0.25, -0.2) is 9.97 Å². The number of anilines is 1. The second-order valence-electron chi connectivity index (χ2n) is 6.54. The fraction of sp³-hybridized carbons (Fsp3) is 0.143. The van der Waals surface area contributed by atoms with Gasteiger partial charge in [0.1, 0.15) is 12.1 Å². The maximum atomic E-state index is 12.7. The van der Waals surface area contributed by atoms with Crippen LogP contribution in [0.5, 0.6) is 0 Å². The highest BCUT2D eigenvalue weighted by molar-refractivity contribution is 6.04. The van der Waals surface area contributed by atoms with E-state index < -0.39 is 0 Å². The summed E-state index contributed by atoms with van der Waals surface area (Å²) in [6.07, 6.45) is 5.38. The Morgan fingerprint density at radius 2 is 1.97 bits per heavy atom. The van der Waals surface area contributed by atoms with Gasteiger partial charge in [0, 0.05) is 25.4 Å². The summed E-state index contributed by atoms with van der Waals surface area (Å²) in [7, 11) is 0. The molecule has 0 saturated carbocycles. The number of rotatable bonds is 6. The van der Waals surface area contributed by atoms with E-state index in [9.17, 15) is 9.59 Å². The van der Waals surface area contributed by atoms with Crippen molar-refractivity contribution in [2.45, 2.75) is 13.3 Å². The Labute approximate surface area is 166 Å². The van der Waals surface area contributed by atoms with Crippen LogP contribution in [0, 0.1) is 0 Å². The first-order valence-electron chi connectivity index (χ1n) is 9.12. The summed E-state index contributed by atoms with van der Waals surface area (Å²) in [4.78, 5) is 35.5. The zero-order chi connectivity index (χ0) is 20.2. The number of aromatic nitrogens is 3. The summed E-state index contributed by atoms with van der Waals surface area (Å²) in [5.74, 6) is 0.291. The number of hydrogen-bond donors (Lipinski definition) is 3. The van der Waals surface area contributed by atoms with Gasteiger partial charge in [0.05, 0.1) is 22.9 Å². The summed E-state index contributed by atoms with van der Waals surface area (Å²) in [5.41, 5.74) is 4.14. The van der Waals surface area contributed by atoms with Gasteiger partial charge >= 0.3 is 0 Å². The topological polar surface area (TPSA) is 113 Å². The van der Waals surface area contributed by atoms with Crippen molar-refractivity contribution in [1.82, 2.24) is 20.3 Å². The molecule has 1 aromatic carbocycles. The Morgan fingerprint density at radius 1 is 1.14 bits per heavy atom. The minimum absolute atomic E-state index is 0.108. The SMILES string of the molecule is CC(=O)Nc1ccc(CCNC(=O)c2ccnc3nc(-c4ccoc4)[nH]c23)cc1. The number of imidazole rings is 1. The quantitative estimate of drug-likeness (QED) is 0.469. The summed E-state index contributed by atoms with van der Waals surface area (Å²) in [6.45, 7) is 1.95. The van der Waals surface area contributed by atoms with Crippen LogP contribution in [0.3, 0.4) is 0 Å². The first kappa shape index (κ1) is 18.4. The van der Waals surface area contributed by atoms with E-state index in [4.69, 9.17) is 4.42 Å². The highest BCUT2D eigenvalue weighted by Crippen LogP contribution is 2.21. The van der Waals surface area contributed by atoms with E-state index in [-0.39, 0.29) is 11.8 Å². The van der Waals surface area contributed by atoms with Crippen LogP contribution >= 0.6 is 0 Å². The van der Waals surface area contributed by atoms with Crippen LogP contribution in [0.2, 0.25) is 0 Å². The summed E-state index contributed by atoms with van der Waals surface area (Å²) >= 11 is 0. The zero-order valence-electron chi connectivity index (χ0n) is 15.7. The molecule has 0 atom stereocenters. The number of carbonyl (C=O) groups is 2. The first-order chi connectivity index (χ1) is 14.1. The highest BCUT2D eigenvalue weighted by atomic mass is 16.3. The minimum Gasteiger partial charge on any atom is -0.472 e. The number of aromatic amines is 1. The first-order valence-corrected chi connectivity index (χ1v) is 9.12. The molecule has 0 spiro atoms. The molecule has 146 valence electrons. The van der Waals surface area contributed by atoms with E-state index in [2.05, 4.69) is 25.6 Å². The van der Waals surface area contributed by atoms with Gasteiger partial charge in [-0.05, 0) is 36.2 Å². The summed E-state index contributed by atoms with van der Waals surface area (Å²) in [5, 5.41) is 5.65. The lowest BCUT2D eigenvalue weighted by Gasteiger charge is -2.07. The van der Waals surface area contributed by atoms with Crippen LogP contribution < -0.4 is 10.6 Å². The van der Waals surface area contributed by atoms with Gasteiger partial charge in [0.2, 0.25) is 5.91 Å². The smallest absolute Gasteiger partial charge is 0.253 e. The number of amides is 2. The molecule has 8 nitrogen and oxygen atoms in total. The zero-order valence-corrected chi connectivity index (χ0v) is 15.7. The normalized spacial score (nSPS) is 10.8. The molecule has 4 aromatic rings. The van der Waals surface area contributed by atoms with Crippen molar-refractivity contribution in [1.29, 1.82) is 0 Å². The van der Waals surface area contributed by atoms with Gasteiger partial charge in [-0.15, -0.1) is 0 Å². The fourth-order valence-corrected chi connectivity index (χ4v) is 3.01. The van der Waals surface area contributed by atoms with E-state index in [0.29, 0.717) is 35.5 Å². The average Bonchev–Trinajstić information content (AvgIpc) is 3.38. The number of carbonyl (C=O) groups excluding carboxylic acids is 2. The number of H-pyrrole nitrogens is 1. The Balaban J connectivity index is 1.42. The van der Waals surface area contributed by atoms with Crippen molar-refractivity contribution in [3.63, 3.8) is 0 Å². The van der Waals surface area contributed by atoms with Crippen molar-refractivity contribution in [3.05, 3.63) is 66.2 Å². The number of benzene rings is 1. The van der Waals surface area contributed by atoms with Crippen LogP contribution in [0.4, 0.5) is 5.69 Å². The van der Waals surface area contributed by atoms with Crippen molar-refractivity contribution in [3.8, 4) is 11.4 Å². The third kappa shape index (κ3) is 4.16. The van der Waals surface area contributed by atoms with E-state index in [0.717, 1.165) is 16.8 Å². The fourth-order valence-electron chi connectivity index (χ4n) is 3.01. The van der Waals surface area contributed by atoms with Crippen molar-refractivity contribution in [2.75, 3.05) is 11.9 Å². The number of furan rings is 1. The molecule has 0 saturated heterocycles. The van der Waals surface area contributed by atoms with E-state index in [1.54, 1.807) is 30.9 Å². The Morgan fingerprint density at radius 3 is 2.69 bits per heavy atom. The predicted molar refractivity (Wildman–Crippen MR) is 108 cm³/mol. The van der Waals surface area contributed by atoms with E-state index in [1.165, 1.54) is 6.92 Å². The number of fused-ring (bicyclic) bond motifs is 1. The standard InChI is InChI=1S/C21H19N5O3/c1-13(27)24-16-4-2-14(3-5-16)6-9-23-21(28)17-7-10-22-20-18(17)25-19(26-20)15-8-11-29-12-15/h2-5,7-8,10-12H,6,9H2,1H3,(H,23,28)(H,24,27)(H,22,25,26). The average molecular weight is 389 g/mol. The Hall–Kier alpha value is -3.94. The van der Waals surface area contributed by atoms with Crippen LogP contribution in [0.15, 0.2) is 59.5 Å².